The van der Waals surface area contributed by atoms with Gasteiger partial charge in [-0.05, 0) is 24.3 Å². The van der Waals surface area contributed by atoms with Crippen molar-refractivity contribution in [2.75, 3.05) is 33.1 Å². The summed E-state index contributed by atoms with van der Waals surface area (Å²) in [5.41, 5.74) is 0.942. The summed E-state index contributed by atoms with van der Waals surface area (Å²) < 4.78 is 11.9. The number of aromatic nitrogens is 3. The standard InChI is InChI=1S/C15H20N4O3S/c1-19-14(11-4-6-12(22-3)7-5-11)17-18-15(19)23-10-13(20)16-8-9-21-2/h4-7H,8-10H2,1-3H3,(H,16,20). The molecule has 7 nitrogen and oxygen atoms in total. The minimum Gasteiger partial charge on any atom is -0.497 e. The predicted molar refractivity (Wildman–Crippen MR) is 88.6 cm³/mol. The van der Waals surface area contributed by atoms with Crippen LogP contribution in [0.15, 0.2) is 29.4 Å². The van der Waals surface area contributed by atoms with E-state index in [0.29, 0.717) is 18.3 Å². The Bertz CT molecular complexity index is 643. The van der Waals surface area contributed by atoms with Gasteiger partial charge in [0.1, 0.15) is 5.75 Å². The lowest BCUT2D eigenvalue weighted by molar-refractivity contribution is -0.118. The normalized spacial score (nSPS) is 10.6. The third-order valence-electron chi connectivity index (χ3n) is 3.14. The van der Waals surface area contributed by atoms with Gasteiger partial charge in [0, 0.05) is 26.3 Å². The molecule has 1 N–H and O–H groups in total. The van der Waals surface area contributed by atoms with Crippen LogP contribution in [0.1, 0.15) is 0 Å². The summed E-state index contributed by atoms with van der Waals surface area (Å²) in [7, 11) is 5.11. The summed E-state index contributed by atoms with van der Waals surface area (Å²) in [6.07, 6.45) is 0. The van der Waals surface area contributed by atoms with Gasteiger partial charge in [-0.25, -0.2) is 0 Å². The van der Waals surface area contributed by atoms with Crippen LogP contribution < -0.4 is 10.1 Å². The van der Waals surface area contributed by atoms with Gasteiger partial charge in [-0.2, -0.15) is 0 Å². The number of benzene rings is 1. The van der Waals surface area contributed by atoms with Crippen molar-refractivity contribution in [3.8, 4) is 17.1 Å². The molecule has 23 heavy (non-hydrogen) atoms. The zero-order chi connectivity index (χ0) is 16.7. The highest BCUT2D eigenvalue weighted by Gasteiger charge is 2.12. The highest BCUT2D eigenvalue weighted by molar-refractivity contribution is 7.99. The van der Waals surface area contributed by atoms with E-state index in [1.54, 1.807) is 14.2 Å². The molecule has 1 heterocycles. The van der Waals surface area contributed by atoms with Crippen molar-refractivity contribution in [1.29, 1.82) is 0 Å². The van der Waals surface area contributed by atoms with E-state index < -0.39 is 0 Å². The summed E-state index contributed by atoms with van der Waals surface area (Å²) in [4.78, 5) is 11.7. The fourth-order valence-electron chi connectivity index (χ4n) is 1.91. The lowest BCUT2D eigenvalue weighted by atomic mass is 10.2. The molecule has 0 atom stereocenters. The first-order valence-corrected chi connectivity index (χ1v) is 8.06. The monoisotopic (exact) mass is 336 g/mol. The van der Waals surface area contributed by atoms with E-state index in [9.17, 15) is 4.79 Å². The summed E-state index contributed by atoms with van der Waals surface area (Å²) in [5, 5.41) is 11.8. The number of methoxy groups -OCH3 is 2. The molecule has 0 unspecified atom stereocenters. The average Bonchev–Trinajstić information content (AvgIpc) is 2.94. The first kappa shape index (κ1) is 17.3. The van der Waals surface area contributed by atoms with Crippen LogP contribution >= 0.6 is 11.8 Å². The van der Waals surface area contributed by atoms with E-state index in [2.05, 4.69) is 15.5 Å². The van der Waals surface area contributed by atoms with Gasteiger partial charge < -0.3 is 19.4 Å². The molecule has 2 rings (SSSR count). The summed E-state index contributed by atoms with van der Waals surface area (Å²) in [6.45, 7) is 1.01. The molecule has 1 amide bonds. The fraction of sp³-hybridized carbons (Fsp3) is 0.400. The number of carbonyl (C=O) groups is 1. The zero-order valence-electron chi connectivity index (χ0n) is 13.4. The maximum absolute atomic E-state index is 11.7. The van der Waals surface area contributed by atoms with Gasteiger partial charge in [0.05, 0.1) is 19.5 Å². The Kier molecular flexibility index (Phi) is 6.42. The molecule has 0 saturated carbocycles. The second kappa shape index (κ2) is 8.54. The van der Waals surface area contributed by atoms with Crippen molar-refractivity contribution in [1.82, 2.24) is 20.1 Å². The lowest BCUT2D eigenvalue weighted by Crippen LogP contribution is -2.28. The van der Waals surface area contributed by atoms with E-state index in [-0.39, 0.29) is 11.7 Å². The van der Waals surface area contributed by atoms with Crippen molar-refractivity contribution < 1.29 is 14.3 Å². The Morgan fingerprint density at radius 3 is 2.65 bits per heavy atom. The third kappa shape index (κ3) is 4.70. The molecular weight excluding hydrogens is 316 g/mol. The van der Waals surface area contributed by atoms with Crippen LogP contribution in [0, 0.1) is 0 Å². The number of thioether (sulfide) groups is 1. The first-order valence-electron chi connectivity index (χ1n) is 7.08. The second-order valence-electron chi connectivity index (χ2n) is 4.73. The van der Waals surface area contributed by atoms with E-state index in [4.69, 9.17) is 9.47 Å². The molecule has 124 valence electrons. The number of amides is 1. The molecule has 2 aromatic rings. The van der Waals surface area contributed by atoms with Crippen molar-refractivity contribution in [2.24, 2.45) is 7.05 Å². The number of nitrogens with zero attached hydrogens (tertiary/aromatic N) is 3. The Morgan fingerprint density at radius 2 is 2.00 bits per heavy atom. The Labute approximate surface area is 139 Å². The van der Waals surface area contributed by atoms with Gasteiger partial charge in [-0.15, -0.1) is 10.2 Å². The van der Waals surface area contributed by atoms with Crippen molar-refractivity contribution in [3.05, 3.63) is 24.3 Å². The van der Waals surface area contributed by atoms with Crippen LogP contribution in [-0.2, 0) is 16.6 Å². The maximum Gasteiger partial charge on any atom is 0.230 e. The number of carbonyl (C=O) groups excluding carboxylic acids is 1. The van der Waals surface area contributed by atoms with Crippen LogP contribution in [0.5, 0.6) is 5.75 Å². The van der Waals surface area contributed by atoms with E-state index in [1.165, 1.54) is 11.8 Å². The van der Waals surface area contributed by atoms with Crippen LogP contribution in [0.4, 0.5) is 0 Å². The fourth-order valence-corrected chi connectivity index (χ4v) is 2.65. The molecule has 0 aliphatic rings. The molecule has 0 aliphatic carbocycles. The zero-order valence-corrected chi connectivity index (χ0v) is 14.2. The van der Waals surface area contributed by atoms with E-state index in [0.717, 1.165) is 17.1 Å². The smallest absolute Gasteiger partial charge is 0.230 e. The minimum atomic E-state index is -0.0546. The molecule has 0 saturated heterocycles. The topological polar surface area (TPSA) is 78.3 Å². The second-order valence-corrected chi connectivity index (χ2v) is 5.67. The summed E-state index contributed by atoms with van der Waals surface area (Å²) in [6, 6.07) is 7.60. The molecule has 0 bridgehead atoms. The summed E-state index contributed by atoms with van der Waals surface area (Å²) in [5.74, 6) is 1.77. The third-order valence-corrected chi connectivity index (χ3v) is 4.16. The molecule has 0 fully saturated rings. The van der Waals surface area contributed by atoms with E-state index >= 15 is 0 Å². The number of ether oxygens (including phenoxy) is 2. The predicted octanol–water partition coefficient (Wildman–Crippen LogP) is 1.35. The molecule has 1 aromatic carbocycles. The number of rotatable bonds is 8. The Morgan fingerprint density at radius 1 is 1.26 bits per heavy atom. The van der Waals surface area contributed by atoms with Gasteiger partial charge in [-0.3, -0.25) is 4.79 Å². The van der Waals surface area contributed by atoms with Gasteiger partial charge in [0.25, 0.3) is 0 Å². The Hall–Kier alpha value is -2.06. The summed E-state index contributed by atoms with van der Waals surface area (Å²) >= 11 is 1.35. The minimum absolute atomic E-state index is 0.0546. The van der Waals surface area contributed by atoms with Crippen LogP contribution in [0.2, 0.25) is 0 Å². The number of hydrogen-bond acceptors (Lipinski definition) is 6. The highest BCUT2D eigenvalue weighted by atomic mass is 32.2. The molecule has 0 aliphatic heterocycles. The molecule has 0 spiro atoms. The highest BCUT2D eigenvalue weighted by Crippen LogP contribution is 2.24. The molecule has 1 aromatic heterocycles. The van der Waals surface area contributed by atoms with Crippen LogP contribution in [0.3, 0.4) is 0 Å². The molecule has 8 heteroatoms. The largest absolute Gasteiger partial charge is 0.497 e. The average molecular weight is 336 g/mol. The van der Waals surface area contributed by atoms with Crippen LogP contribution in [-0.4, -0.2) is 53.8 Å². The van der Waals surface area contributed by atoms with Crippen molar-refractivity contribution in [3.63, 3.8) is 0 Å². The quantitative estimate of drug-likeness (QED) is 0.579. The molecule has 0 radical (unpaired) electrons. The van der Waals surface area contributed by atoms with Gasteiger partial charge in [0.2, 0.25) is 5.91 Å². The van der Waals surface area contributed by atoms with Gasteiger partial charge in [-0.1, -0.05) is 11.8 Å². The SMILES string of the molecule is COCCNC(=O)CSc1nnc(-c2ccc(OC)cc2)n1C. The molecular formula is C15H20N4O3S. The van der Waals surface area contributed by atoms with Gasteiger partial charge in [0.15, 0.2) is 11.0 Å². The van der Waals surface area contributed by atoms with Crippen LogP contribution in [0.25, 0.3) is 11.4 Å². The first-order chi connectivity index (χ1) is 11.2. The van der Waals surface area contributed by atoms with Crippen molar-refractivity contribution in [2.45, 2.75) is 5.16 Å². The van der Waals surface area contributed by atoms with Crippen molar-refractivity contribution >= 4 is 17.7 Å². The maximum atomic E-state index is 11.7. The van der Waals surface area contributed by atoms with Gasteiger partial charge >= 0.3 is 0 Å². The number of hydrogen-bond donors (Lipinski definition) is 1. The van der Waals surface area contributed by atoms with E-state index in [1.807, 2.05) is 35.9 Å². The number of nitrogens with one attached hydrogen (secondary N) is 1. The lowest BCUT2D eigenvalue weighted by Gasteiger charge is -2.06. The Balaban J connectivity index is 1.97.